The lowest BCUT2D eigenvalue weighted by Gasteiger charge is -2.32. The van der Waals surface area contributed by atoms with Crippen molar-refractivity contribution < 1.29 is 24.5 Å². The van der Waals surface area contributed by atoms with Gasteiger partial charge < -0.3 is 25.2 Å². The molecule has 0 radical (unpaired) electrons. The van der Waals surface area contributed by atoms with Crippen molar-refractivity contribution >= 4 is 12.0 Å². The molecule has 2 atom stereocenters. The van der Waals surface area contributed by atoms with E-state index in [9.17, 15) is 9.59 Å². The minimum atomic E-state index is -1.05. The van der Waals surface area contributed by atoms with E-state index in [1.807, 2.05) is 0 Å². The highest BCUT2D eigenvalue weighted by atomic mass is 16.5. The van der Waals surface area contributed by atoms with E-state index in [1.165, 1.54) is 4.90 Å². The summed E-state index contributed by atoms with van der Waals surface area (Å²) in [5.41, 5.74) is 0. The average Bonchev–Trinajstić information content (AvgIpc) is 2.35. The van der Waals surface area contributed by atoms with Gasteiger partial charge in [0, 0.05) is 6.54 Å². The van der Waals surface area contributed by atoms with Crippen LogP contribution in [-0.4, -0.2) is 65.6 Å². The van der Waals surface area contributed by atoms with E-state index >= 15 is 0 Å². The summed E-state index contributed by atoms with van der Waals surface area (Å²) >= 11 is 0. The van der Waals surface area contributed by atoms with Crippen molar-refractivity contribution in [1.82, 2.24) is 10.2 Å². The molecular weight excluding hydrogens is 228 g/mol. The van der Waals surface area contributed by atoms with Crippen LogP contribution in [0.5, 0.6) is 0 Å². The van der Waals surface area contributed by atoms with E-state index in [0.717, 1.165) is 0 Å². The molecule has 1 aliphatic rings. The lowest BCUT2D eigenvalue weighted by Crippen LogP contribution is -2.53. The van der Waals surface area contributed by atoms with E-state index in [1.54, 1.807) is 6.92 Å². The first-order valence-electron chi connectivity index (χ1n) is 5.59. The molecule has 1 saturated heterocycles. The van der Waals surface area contributed by atoms with Crippen molar-refractivity contribution in [2.45, 2.75) is 25.5 Å². The van der Waals surface area contributed by atoms with Gasteiger partial charge in [0.1, 0.15) is 6.04 Å². The molecule has 7 nitrogen and oxygen atoms in total. The molecule has 17 heavy (non-hydrogen) atoms. The topological polar surface area (TPSA) is 99.1 Å². The fourth-order valence-corrected chi connectivity index (χ4v) is 1.59. The summed E-state index contributed by atoms with van der Waals surface area (Å²) in [6.07, 6.45) is -0.0612. The van der Waals surface area contributed by atoms with Crippen LogP contribution in [0.4, 0.5) is 4.79 Å². The van der Waals surface area contributed by atoms with Gasteiger partial charge in [-0.05, 0) is 6.42 Å². The monoisotopic (exact) mass is 246 g/mol. The highest BCUT2D eigenvalue weighted by molar-refractivity contribution is 5.82. The maximum absolute atomic E-state index is 11.7. The van der Waals surface area contributed by atoms with Crippen LogP contribution in [0.3, 0.4) is 0 Å². The Morgan fingerprint density at radius 2 is 2.29 bits per heavy atom. The third-order valence-electron chi connectivity index (χ3n) is 2.63. The molecule has 3 N–H and O–H groups in total. The van der Waals surface area contributed by atoms with Crippen molar-refractivity contribution in [2.24, 2.45) is 0 Å². The van der Waals surface area contributed by atoms with Crippen LogP contribution in [0.2, 0.25) is 0 Å². The summed E-state index contributed by atoms with van der Waals surface area (Å²) < 4.78 is 5.20. The predicted molar refractivity (Wildman–Crippen MR) is 58.6 cm³/mol. The number of aliphatic carboxylic acids is 1. The number of carbonyl (C=O) groups is 2. The standard InChI is InChI=1S/C10H18N2O5/c1-2-8(9(14)15)11-10(16)12-3-4-17-7(5-12)6-13/h7-8,13H,2-6H2,1H3,(H,11,16)(H,14,15)/t7?,8-/m1/s1. The second-order valence-electron chi connectivity index (χ2n) is 3.87. The summed E-state index contributed by atoms with van der Waals surface area (Å²) in [5, 5.41) is 20.2. The lowest BCUT2D eigenvalue weighted by atomic mass is 10.2. The molecule has 2 amide bonds. The molecule has 1 fully saturated rings. The number of hydrogen-bond donors (Lipinski definition) is 3. The minimum Gasteiger partial charge on any atom is -0.480 e. The van der Waals surface area contributed by atoms with Gasteiger partial charge in [-0.15, -0.1) is 0 Å². The predicted octanol–water partition coefficient (Wildman–Crippen LogP) is -0.748. The molecule has 0 spiro atoms. The number of nitrogens with one attached hydrogen (secondary N) is 1. The molecule has 1 aliphatic heterocycles. The van der Waals surface area contributed by atoms with Gasteiger partial charge in [-0.2, -0.15) is 0 Å². The van der Waals surface area contributed by atoms with Gasteiger partial charge in [0.15, 0.2) is 0 Å². The summed E-state index contributed by atoms with van der Waals surface area (Å²) in [6.45, 7) is 2.56. The Labute approximate surface area is 99.4 Å². The number of aliphatic hydroxyl groups is 1. The molecule has 0 aromatic heterocycles. The molecule has 1 heterocycles. The van der Waals surface area contributed by atoms with Crippen LogP contribution in [0.15, 0.2) is 0 Å². The number of carboxylic acid groups (broad SMARTS) is 1. The second kappa shape index (κ2) is 6.41. The van der Waals surface area contributed by atoms with E-state index in [2.05, 4.69) is 5.32 Å². The van der Waals surface area contributed by atoms with Gasteiger partial charge in [-0.1, -0.05) is 6.92 Å². The van der Waals surface area contributed by atoms with Gasteiger partial charge in [0.25, 0.3) is 0 Å². The van der Waals surface area contributed by atoms with Gasteiger partial charge >= 0.3 is 12.0 Å². The Hall–Kier alpha value is -1.34. The number of aliphatic hydroxyl groups excluding tert-OH is 1. The Morgan fingerprint density at radius 1 is 1.59 bits per heavy atom. The molecule has 7 heteroatoms. The molecule has 1 rings (SSSR count). The summed E-state index contributed by atoms with van der Waals surface area (Å²) in [7, 11) is 0. The largest absolute Gasteiger partial charge is 0.480 e. The maximum atomic E-state index is 11.7. The zero-order chi connectivity index (χ0) is 12.8. The van der Waals surface area contributed by atoms with Crippen LogP contribution < -0.4 is 5.32 Å². The van der Waals surface area contributed by atoms with Crippen molar-refractivity contribution in [2.75, 3.05) is 26.3 Å². The SMILES string of the molecule is CC[C@@H](NC(=O)N1CCOC(CO)C1)C(=O)O. The van der Waals surface area contributed by atoms with Crippen molar-refractivity contribution in [1.29, 1.82) is 0 Å². The van der Waals surface area contributed by atoms with Gasteiger partial charge in [-0.3, -0.25) is 0 Å². The average molecular weight is 246 g/mol. The normalized spacial score (nSPS) is 22.0. The summed E-state index contributed by atoms with van der Waals surface area (Å²) in [6, 6.07) is -1.31. The molecule has 0 aromatic rings. The molecular formula is C10H18N2O5. The van der Waals surface area contributed by atoms with Crippen molar-refractivity contribution in [3.05, 3.63) is 0 Å². The third-order valence-corrected chi connectivity index (χ3v) is 2.63. The maximum Gasteiger partial charge on any atom is 0.326 e. The zero-order valence-corrected chi connectivity index (χ0v) is 9.76. The van der Waals surface area contributed by atoms with E-state index < -0.39 is 18.0 Å². The number of carboxylic acids is 1. The van der Waals surface area contributed by atoms with Crippen LogP contribution in [0.1, 0.15) is 13.3 Å². The van der Waals surface area contributed by atoms with E-state index in [-0.39, 0.29) is 19.3 Å². The molecule has 0 aromatic carbocycles. The Balaban J connectivity index is 2.48. The number of hydrogen-bond acceptors (Lipinski definition) is 4. The zero-order valence-electron chi connectivity index (χ0n) is 9.76. The fourth-order valence-electron chi connectivity index (χ4n) is 1.59. The number of rotatable bonds is 4. The van der Waals surface area contributed by atoms with E-state index in [0.29, 0.717) is 19.6 Å². The number of carbonyl (C=O) groups excluding carboxylic acids is 1. The summed E-state index contributed by atoms with van der Waals surface area (Å²) in [5.74, 6) is -1.05. The third kappa shape index (κ3) is 3.86. The minimum absolute atomic E-state index is 0.153. The molecule has 0 aliphatic carbocycles. The first-order chi connectivity index (χ1) is 8.08. The quantitative estimate of drug-likeness (QED) is 0.606. The Kier molecular flexibility index (Phi) is 5.17. The Bertz CT molecular complexity index is 284. The smallest absolute Gasteiger partial charge is 0.326 e. The van der Waals surface area contributed by atoms with Crippen LogP contribution in [0.25, 0.3) is 0 Å². The lowest BCUT2D eigenvalue weighted by molar-refractivity contribution is -0.139. The van der Waals surface area contributed by atoms with Crippen LogP contribution in [-0.2, 0) is 9.53 Å². The first-order valence-corrected chi connectivity index (χ1v) is 5.59. The van der Waals surface area contributed by atoms with Crippen LogP contribution in [0, 0.1) is 0 Å². The first kappa shape index (κ1) is 13.7. The molecule has 98 valence electrons. The van der Waals surface area contributed by atoms with Gasteiger partial charge in [0.2, 0.25) is 0 Å². The number of morpholine rings is 1. The Morgan fingerprint density at radius 3 is 2.82 bits per heavy atom. The fraction of sp³-hybridized carbons (Fsp3) is 0.800. The van der Waals surface area contributed by atoms with Crippen molar-refractivity contribution in [3.63, 3.8) is 0 Å². The number of nitrogens with zero attached hydrogens (tertiary/aromatic N) is 1. The highest BCUT2D eigenvalue weighted by Gasteiger charge is 2.26. The van der Waals surface area contributed by atoms with Crippen molar-refractivity contribution in [3.8, 4) is 0 Å². The molecule has 0 bridgehead atoms. The molecule has 1 unspecified atom stereocenters. The number of urea groups is 1. The molecule has 0 saturated carbocycles. The van der Waals surface area contributed by atoms with Gasteiger partial charge in [0.05, 0.1) is 25.9 Å². The van der Waals surface area contributed by atoms with Gasteiger partial charge in [-0.25, -0.2) is 9.59 Å². The van der Waals surface area contributed by atoms with E-state index in [4.69, 9.17) is 14.9 Å². The number of ether oxygens (including phenoxy) is 1. The summed E-state index contributed by atoms with van der Waals surface area (Å²) in [4.78, 5) is 24.0. The number of amides is 2. The highest BCUT2D eigenvalue weighted by Crippen LogP contribution is 2.05. The van der Waals surface area contributed by atoms with Crippen LogP contribution >= 0.6 is 0 Å². The second-order valence-corrected chi connectivity index (χ2v) is 3.87.